The van der Waals surface area contributed by atoms with Crippen molar-refractivity contribution in [3.05, 3.63) is 53.8 Å². The topological polar surface area (TPSA) is 121 Å². The van der Waals surface area contributed by atoms with Crippen LogP contribution in [0.3, 0.4) is 0 Å². The average molecular weight is 401 g/mol. The Balaban J connectivity index is 2.21. The second-order valence-corrected chi connectivity index (χ2v) is 8.89. The molecule has 0 aliphatic carbocycles. The van der Waals surface area contributed by atoms with Crippen LogP contribution < -0.4 is 14.8 Å². The largest absolute Gasteiger partial charge is 0.322 e. The summed E-state index contributed by atoms with van der Waals surface area (Å²) in [7, 11) is -6.02. The Morgan fingerprint density at radius 3 is 2.15 bits per heavy atom. The van der Waals surface area contributed by atoms with E-state index in [0.29, 0.717) is 5.69 Å². The molecule has 8 nitrogen and oxygen atoms in total. The molecule has 26 heavy (non-hydrogen) atoms. The number of carbonyl (C=O) groups excluding carboxylic acids is 1. The molecule has 3 N–H and O–H groups in total. The SMILES string of the molecule is CNS(=O)(=O)c1ccc(NC(=O)c2ccc(F)c(NS(C)(=O)=O)c2)cc1. The van der Waals surface area contributed by atoms with E-state index in [9.17, 15) is 26.0 Å². The summed E-state index contributed by atoms with van der Waals surface area (Å²) < 4.78 is 63.6. The molecule has 0 unspecified atom stereocenters. The first-order chi connectivity index (χ1) is 12.0. The minimum Gasteiger partial charge on any atom is -0.322 e. The van der Waals surface area contributed by atoms with Crippen LogP contribution in [0.4, 0.5) is 15.8 Å². The fourth-order valence-electron chi connectivity index (χ4n) is 1.98. The number of anilines is 2. The molecule has 0 saturated heterocycles. The van der Waals surface area contributed by atoms with Gasteiger partial charge in [-0.3, -0.25) is 9.52 Å². The molecule has 0 saturated carbocycles. The van der Waals surface area contributed by atoms with E-state index in [1.165, 1.54) is 37.4 Å². The van der Waals surface area contributed by atoms with Crippen LogP contribution in [0.25, 0.3) is 0 Å². The molecule has 11 heteroatoms. The molecular weight excluding hydrogens is 385 g/mol. The van der Waals surface area contributed by atoms with Crippen LogP contribution in [0.2, 0.25) is 0 Å². The maximum absolute atomic E-state index is 13.7. The van der Waals surface area contributed by atoms with Crippen molar-refractivity contribution in [1.29, 1.82) is 0 Å². The molecule has 2 aromatic rings. The van der Waals surface area contributed by atoms with E-state index in [1.54, 1.807) is 0 Å². The third-order valence-electron chi connectivity index (χ3n) is 3.22. The van der Waals surface area contributed by atoms with E-state index in [2.05, 4.69) is 10.0 Å². The van der Waals surface area contributed by atoms with Crippen LogP contribution in [0.15, 0.2) is 47.4 Å². The first-order valence-electron chi connectivity index (χ1n) is 7.14. The lowest BCUT2D eigenvalue weighted by molar-refractivity contribution is 0.102. The fourth-order valence-corrected chi connectivity index (χ4v) is 3.27. The van der Waals surface area contributed by atoms with Crippen LogP contribution in [-0.2, 0) is 20.0 Å². The predicted molar refractivity (Wildman–Crippen MR) is 95.5 cm³/mol. The van der Waals surface area contributed by atoms with Crippen molar-refractivity contribution in [3.63, 3.8) is 0 Å². The number of sulfonamides is 2. The molecule has 0 spiro atoms. The Morgan fingerprint density at radius 2 is 1.62 bits per heavy atom. The zero-order valence-electron chi connectivity index (χ0n) is 13.8. The summed E-state index contributed by atoms with van der Waals surface area (Å²) in [5.41, 5.74) is -0.0212. The molecule has 140 valence electrons. The standard InChI is InChI=1S/C15H16FN3O5S2/c1-17-26(23,24)12-6-4-11(5-7-12)18-15(20)10-3-8-13(16)14(9-10)19-25(2,21)22/h3-9,17,19H,1-2H3,(H,18,20). The van der Waals surface area contributed by atoms with Crippen LogP contribution in [0.5, 0.6) is 0 Å². The van der Waals surface area contributed by atoms with Crippen molar-refractivity contribution in [1.82, 2.24) is 4.72 Å². The Morgan fingerprint density at radius 1 is 1.00 bits per heavy atom. The summed E-state index contributed by atoms with van der Waals surface area (Å²) >= 11 is 0. The van der Waals surface area contributed by atoms with E-state index in [0.717, 1.165) is 18.4 Å². The van der Waals surface area contributed by atoms with Gasteiger partial charge in [0, 0.05) is 11.3 Å². The van der Waals surface area contributed by atoms with Gasteiger partial charge in [-0.1, -0.05) is 0 Å². The maximum atomic E-state index is 13.7. The molecule has 1 amide bonds. The monoisotopic (exact) mass is 401 g/mol. The average Bonchev–Trinajstić information content (AvgIpc) is 2.56. The van der Waals surface area contributed by atoms with Gasteiger partial charge in [-0.25, -0.2) is 25.9 Å². The minimum absolute atomic E-state index is 0.0180. The molecule has 2 rings (SSSR count). The number of carbonyl (C=O) groups is 1. The van der Waals surface area contributed by atoms with Crippen molar-refractivity contribution < 1.29 is 26.0 Å². The fraction of sp³-hybridized carbons (Fsp3) is 0.133. The number of benzene rings is 2. The number of hydrogen-bond acceptors (Lipinski definition) is 5. The van der Waals surface area contributed by atoms with E-state index in [-0.39, 0.29) is 16.1 Å². The molecule has 0 aliphatic heterocycles. The highest BCUT2D eigenvalue weighted by molar-refractivity contribution is 7.92. The number of rotatable bonds is 6. The zero-order valence-corrected chi connectivity index (χ0v) is 15.4. The molecule has 0 radical (unpaired) electrons. The summed E-state index contributed by atoms with van der Waals surface area (Å²) in [6, 6.07) is 8.61. The van der Waals surface area contributed by atoms with Gasteiger partial charge in [-0.15, -0.1) is 0 Å². The van der Waals surface area contributed by atoms with Crippen molar-refractivity contribution in [2.45, 2.75) is 4.90 Å². The second kappa shape index (κ2) is 7.40. The molecule has 0 heterocycles. The second-order valence-electron chi connectivity index (χ2n) is 5.25. The van der Waals surface area contributed by atoms with E-state index < -0.39 is 31.8 Å². The highest BCUT2D eigenvalue weighted by Crippen LogP contribution is 2.19. The van der Waals surface area contributed by atoms with Gasteiger partial charge >= 0.3 is 0 Å². The Bertz CT molecular complexity index is 1040. The van der Waals surface area contributed by atoms with Gasteiger partial charge < -0.3 is 5.32 Å². The zero-order chi connectivity index (χ0) is 19.5. The quantitative estimate of drug-likeness (QED) is 0.675. The Kier molecular flexibility index (Phi) is 5.64. The molecule has 0 bridgehead atoms. The van der Waals surface area contributed by atoms with Gasteiger partial charge in [-0.2, -0.15) is 0 Å². The first kappa shape index (κ1) is 19.8. The van der Waals surface area contributed by atoms with Gasteiger partial charge in [0.05, 0.1) is 16.8 Å². The highest BCUT2D eigenvalue weighted by Gasteiger charge is 2.14. The first-order valence-corrected chi connectivity index (χ1v) is 10.5. The van der Waals surface area contributed by atoms with Gasteiger partial charge in [-0.05, 0) is 49.5 Å². The lowest BCUT2D eigenvalue weighted by Crippen LogP contribution is -2.18. The maximum Gasteiger partial charge on any atom is 0.255 e. The molecular formula is C15H16FN3O5S2. The molecule has 0 aromatic heterocycles. The van der Waals surface area contributed by atoms with Gasteiger partial charge in [0.15, 0.2) is 0 Å². The Hall–Kier alpha value is -2.50. The summed E-state index contributed by atoms with van der Waals surface area (Å²) in [5, 5.41) is 2.51. The van der Waals surface area contributed by atoms with Crippen molar-refractivity contribution in [2.24, 2.45) is 0 Å². The van der Waals surface area contributed by atoms with Gasteiger partial charge in [0.1, 0.15) is 5.82 Å². The third-order valence-corrected chi connectivity index (χ3v) is 5.24. The van der Waals surface area contributed by atoms with Crippen molar-refractivity contribution in [3.8, 4) is 0 Å². The number of nitrogens with one attached hydrogen (secondary N) is 3. The summed E-state index contributed by atoms with van der Waals surface area (Å²) in [6.45, 7) is 0. The van der Waals surface area contributed by atoms with Crippen LogP contribution in [-0.4, -0.2) is 36.0 Å². The molecule has 0 fully saturated rings. The minimum atomic E-state index is -3.71. The van der Waals surface area contributed by atoms with E-state index in [1.807, 2.05) is 4.72 Å². The smallest absolute Gasteiger partial charge is 0.255 e. The normalized spacial score (nSPS) is 11.8. The van der Waals surface area contributed by atoms with Gasteiger partial charge in [0.25, 0.3) is 5.91 Å². The van der Waals surface area contributed by atoms with Crippen molar-refractivity contribution in [2.75, 3.05) is 23.3 Å². The predicted octanol–water partition coefficient (Wildman–Crippen LogP) is 1.36. The third kappa shape index (κ3) is 5.00. The highest BCUT2D eigenvalue weighted by atomic mass is 32.2. The lowest BCUT2D eigenvalue weighted by atomic mass is 10.2. The summed E-state index contributed by atoms with van der Waals surface area (Å²) in [5.74, 6) is -1.45. The van der Waals surface area contributed by atoms with E-state index in [4.69, 9.17) is 0 Å². The van der Waals surface area contributed by atoms with E-state index >= 15 is 0 Å². The number of hydrogen-bond donors (Lipinski definition) is 3. The summed E-state index contributed by atoms with van der Waals surface area (Å²) in [4.78, 5) is 12.3. The van der Waals surface area contributed by atoms with Crippen LogP contribution in [0.1, 0.15) is 10.4 Å². The van der Waals surface area contributed by atoms with Crippen LogP contribution in [0, 0.1) is 5.82 Å². The Labute approximate surface area is 150 Å². The molecule has 2 aromatic carbocycles. The van der Waals surface area contributed by atoms with Crippen molar-refractivity contribution >= 4 is 37.3 Å². The number of halogens is 1. The van der Waals surface area contributed by atoms with Crippen LogP contribution >= 0.6 is 0 Å². The lowest BCUT2D eigenvalue weighted by Gasteiger charge is -2.09. The summed E-state index contributed by atoms with van der Waals surface area (Å²) in [6.07, 6.45) is 0.861. The van der Waals surface area contributed by atoms with Gasteiger partial charge in [0.2, 0.25) is 20.0 Å². The number of amides is 1. The molecule has 0 aliphatic rings. The molecule has 0 atom stereocenters.